The number of carbonyl (C=O) groups excluding carboxylic acids is 1. The van der Waals surface area contributed by atoms with Crippen molar-refractivity contribution in [1.29, 1.82) is 0 Å². The second-order valence-corrected chi connectivity index (χ2v) is 7.08. The van der Waals surface area contributed by atoms with E-state index >= 15 is 0 Å². The minimum atomic E-state index is -0.166. The van der Waals surface area contributed by atoms with Gasteiger partial charge in [-0.3, -0.25) is 9.78 Å². The maximum absolute atomic E-state index is 12.8. The number of para-hydroxylation sites is 2. The molecule has 1 heterocycles. The average molecular weight is 410 g/mol. The van der Waals surface area contributed by atoms with Crippen LogP contribution in [0.1, 0.15) is 48.2 Å². The van der Waals surface area contributed by atoms with Crippen molar-refractivity contribution in [3.05, 3.63) is 78.0 Å². The van der Waals surface area contributed by atoms with Crippen molar-refractivity contribution in [2.75, 3.05) is 11.9 Å². The van der Waals surface area contributed by atoms with E-state index in [4.69, 9.17) is 0 Å². The van der Waals surface area contributed by atoms with Crippen molar-refractivity contribution in [3.8, 4) is 0 Å². The maximum atomic E-state index is 12.8. The van der Waals surface area contributed by atoms with Gasteiger partial charge in [0.15, 0.2) is 0 Å². The summed E-state index contributed by atoms with van der Waals surface area (Å²) in [4.78, 5) is 17.4. The Morgan fingerprint density at radius 2 is 1.93 bits per heavy atom. The molecular formula is C24H28ClN3O. The molecule has 3 rings (SSSR count). The lowest BCUT2D eigenvalue weighted by atomic mass is 9.99. The molecule has 0 aliphatic heterocycles. The number of aryl methyl sites for hydroxylation is 1. The van der Waals surface area contributed by atoms with E-state index in [1.54, 1.807) is 12.3 Å². The van der Waals surface area contributed by atoms with Gasteiger partial charge >= 0.3 is 0 Å². The van der Waals surface area contributed by atoms with Crippen LogP contribution in [-0.4, -0.2) is 17.4 Å². The number of rotatable bonds is 7. The lowest BCUT2D eigenvalue weighted by molar-refractivity contribution is 0.0958. The number of hydrogen-bond acceptors (Lipinski definition) is 3. The summed E-state index contributed by atoms with van der Waals surface area (Å²) in [6, 6.07) is 14.3. The number of anilines is 2. The SMILES string of the molecule is C=CCNC(=O)c1cnc2c(CC)cccc2c1Nc1ccccc1C(C)C.Cl. The molecule has 0 aliphatic carbocycles. The molecule has 0 fully saturated rings. The summed E-state index contributed by atoms with van der Waals surface area (Å²) >= 11 is 0. The van der Waals surface area contributed by atoms with Gasteiger partial charge in [-0.25, -0.2) is 0 Å². The fourth-order valence-electron chi connectivity index (χ4n) is 3.39. The number of pyridine rings is 1. The molecule has 3 aromatic rings. The molecule has 0 aliphatic rings. The number of aromatic nitrogens is 1. The third-order valence-corrected chi connectivity index (χ3v) is 4.86. The fourth-order valence-corrected chi connectivity index (χ4v) is 3.39. The van der Waals surface area contributed by atoms with Gasteiger partial charge in [0.1, 0.15) is 0 Å². The molecule has 2 aromatic carbocycles. The van der Waals surface area contributed by atoms with Crippen LogP contribution in [0, 0.1) is 0 Å². The monoisotopic (exact) mass is 409 g/mol. The van der Waals surface area contributed by atoms with Gasteiger partial charge in [0.05, 0.1) is 16.8 Å². The van der Waals surface area contributed by atoms with Gasteiger partial charge < -0.3 is 10.6 Å². The van der Waals surface area contributed by atoms with E-state index in [0.717, 1.165) is 34.3 Å². The summed E-state index contributed by atoms with van der Waals surface area (Å²) < 4.78 is 0. The van der Waals surface area contributed by atoms with Crippen molar-refractivity contribution in [3.63, 3.8) is 0 Å². The summed E-state index contributed by atoms with van der Waals surface area (Å²) in [7, 11) is 0. The van der Waals surface area contributed by atoms with Crippen molar-refractivity contribution in [1.82, 2.24) is 10.3 Å². The second-order valence-electron chi connectivity index (χ2n) is 7.08. The molecule has 1 aromatic heterocycles. The number of benzene rings is 2. The third kappa shape index (κ3) is 4.77. The van der Waals surface area contributed by atoms with E-state index in [1.807, 2.05) is 24.3 Å². The number of carbonyl (C=O) groups is 1. The predicted octanol–water partition coefficient (Wildman–Crippen LogP) is 6.00. The summed E-state index contributed by atoms with van der Waals surface area (Å²) in [5, 5.41) is 7.36. The zero-order valence-corrected chi connectivity index (χ0v) is 18.0. The Morgan fingerprint density at radius 3 is 2.62 bits per heavy atom. The van der Waals surface area contributed by atoms with E-state index in [0.29, 0.717) is 18.0 Å². The topological polar surface area (TPSA) is 54.0 Å². The van der Waals surface area contributed by atoms with E-state index < -0.39 is 0 Å². The van der Waals surface area contributed by atoms with Crippen LogP contribution in [0.5, 0.6) is 0 Å². The van der Waals surface area contributed by atoms with Crippen LogP contribution in [0.3, 0.4) is 0 Å². The van der Waals surface area contributed by atoms with Crippen molar-refractivity contribution >= 4 is 40.6 Å². The Bertz CT molecular complexity index is 1010. The van der Waals surface area contributed by atoms with Crippen LogP contribution >= 0.6 is 12.4 Å². The molecule has 0 bridgehead atoms. The lowest BCUT2D eigenvalue weighted by Crippen LogP contribution is -2.24. The van der Waals surface area contributed by atoms with Crippen LogP contribution in [0.15, 0.2) is 61.3 Å². The van der Waals surface area contributed by atoms with Crippen LogP contribution < -0.4 is 10.6 Å². The molecule has 5 heteroatoms. The van der Waals surface area contributed by atoms with Gasteiger partial charge in [0.2, 0.25) is 0 Å². The van der Waals surface area contributed by atoms with Crippen LogP contribution in [0.25, 0.3) is 10.9 Å². The number of nitrogens with zero attached hydrogens (tertiary/aromatic N) is 1. The van der Waals surface area contributed by atoms with E-state index in [-0.39, 0.29) is 18.3 Å². The normalized spacial score (nSPS) is 10.5. The quantitative estimate of drug-likeness (QED) is 0.470. The van der Waals surface area contributed by atoms with Gasteiger partial charge in [-0.05, 0) is 29.5 Å². The Balaban J connectivity index is 0.00000300. The molecule has 1 amide bonds. The van der Waals surface area contributed by atoms with Gasteiger partial charge in [0, 0.05) is 23.8 Å². The van der Waals surface area contributed by atoms with Crippen molar-refractivity contribution in [2.24, 2.45) is 0 Å². The molecule has 2 N–H and O–H groups in total. The fraction of sp³-hybridized carbons (Fsp3) is 0.250. The highest BCUT2D eigenvalue weighted by Crippen LogP contribution is 2.33. The molecule has 0 spiro atoms. The number of fused-ring (bicyclic) bond motifs is 1. The standard InChI is InChI=1S/C24H27N3O.ClH/c1-5-14-25-24(28)20-15-26-22-17(6-2)10-9-12-19(22)23(20)27-21-13-8-7-11-18(21)16(3)4;/h5,7-13,15-16H,1,6,14H2,2-4H3,(H,25,28)(H,26,27);1H. The van der Waals surface area contributed by atoms with Gasteiger partial charge in [-0.2, -0.15) is 0 Å². The zero-order valence-electron chi connectivity index (χ0n) is 17.2. The molecule has 0 saturated heterocycles. The highest BCUT2D eigenvalue weighted by atomic mass is 35.5. The third-order valence-electron chi connectivity index (χ3n) is 4.86. The number of hydrogen-bond donors (Lipinski definition) is 2. The second kappa shape index (κ2) is 10.1. The first-order valence-corrected chi connectivity index (χ1v) is 9.72. The van der Waals surface area contributed by atoms with Crippen molar-refractivity contribution < 1.29 is 4.79 Å². The Hall–Kier alpha value is -2.85. The van der Waals surface area contributed by atoms with E-state index in [2.05, 4.69) is 61.2 Å². The molecular weight excluding hydrogens is 382 g/mol. The molecule has 0 saturated carbocycles. The van der Waals surface area contributed by atoms with Gasteiger partial charge in [-0.15, -0.1) is 19.0 Å². The first kappa shape index (κ1) is 22.4. The Labute approximate surface area is 178 Å². The minimum absolute atomic E-state index is 0. The number of halogens is 1. The zero-order chi connectivity index (χ0) is 20.1. The molecule has 4 nitrogen and oxygen atoms in total. The summed E-state index contributed by atoms with van der Waals surface area (Å²) in [6.45, 7) is 10.5. The molecule has 0 unspecified atom stereocenters. The van der Waals surface area contributed by atoms with Crippen LogP contribution in [0.2, 0.25) is 0 Å². The average Bonchev–Trinajstić information content (AvgIpc) is 2.71. The first-order valence-electron chi connectivity index (χ1n) is 9.72. The van der Waals surface area contributed by atoms with Gasteiger partial charge in [-0.1, -0.05) is 63.2 Å². The Morgan fingerprint density at radius 1 is 1.17 bits per heavy atom. The van der Waals surface area contributed by atoms with Gasteiger partial charge in [0.25, 0.3) is 5.91 Å². The first-order chi connectivity index (χ1) is 13.6. The number of amides is 1. The van der Waals surface area contributed by atoms with E-state index in [9.17, 15) is 4.79 Å². The molecule has 0 radical (unpaired) electrons. The van der Waals surface area contributed by atoms with Crippen LogP contribution in [0.4, 0.5) is 11.4 Å². The molecule has 152 valence electrons. The predicted molar refractivity (Wildman–Crippen MR) is 125 cm³/mol. The molecule has 29 heavy (non-hydrogen) atoms. The highest BCUT2D eigenvalue weighted by molar-refractivity contribution is 6.08. The number of nitrogens with one attached hydrogen (secondary N) is 2. The van der Waals surface area contributed by atoms with E-state index in [1.165, 1.54) is 5.56 Å². The summed E-state index contributed by atoms with van der Waals surface area (Å²) in [5.74, 6) is 0.196. The molecule has 0 atom stereocenters. The summed E-state index contributed by atoms with van der Waals surface area (Å²) in [6.07, 6.45) is 4.22. The highest BCUT2D eigenvalue weighted by Gasteiger charge is 2.18. The van der Waals surface area contributed by atoms with Crippen LogP contribution in [-0.2, 0) is 6.42 Å². The maximum Gasteiger partial charge on any atom is 0.255 e. The Kier molecular flexibility index (Phi) is 7.80. The van der Waals surface area contributed by atoms with Crippen molar-refractivity contribution in [2.45, 2.75) is 33.1 Å². The minimum Gasteiger partial charge on any atom is -0.354 e. The lowest BCUT2D eigenvalue weighted by Gasteiger charge is -2.19. The largest absolute Gasteiger partial charge is 0.354 e. The summed E-state index contributed by atoms with van der Waals surface area (Å²) in [5.41, 5.74) is 5.61. The smallest absolute Gasteiger partial charge is 0.255 e.